The zero-order chi connectivity index (χ0) is 9.69. The van der Waals surface area contributed by atoms with Gasteiger partial charge in [0.2, 0.25) is 0 Å². The number of fused-ring (bicyclic) bond motifs is 1. The van der Waals surface area contributed by atoms with Crippen LogP contribution >= 0.6 is 11.8 Å². The van der Waals surface area contributed by atoms with Crippen molar-refractivity contribution in [3.8, 4) is 0 Å². The zero-order valence-electron chi connectivity index (χ0n) is 8.72. The Morgan fingerprint density at radius 2 is 2.56 bits per heavy atom. The Bertz CT molecular complexity index is 348. The minimum absolute atomic E-state index is 0.463. The molecule has 9 heavy (non-hydrogen) atoms. The maximum absolute atomic E-state index is 7.64. The Labute approximate surface area is 64.9 Å². The van der Waals surface area contributed by atoms with Crippen molar-refractivity contribution in [3.63, 3.8) is 0 Å². The van der Waals surface area contributed by atoms with Gasteiger partial charge in [0, 0.05) is 16.1 Å². The summed E-state index contributed by atoms with van der Waals surface area (Å²) in [4.78, 5) is 0.706. The van der Waals surface area contributed by atoms with Gasteiger partial charge in [0.05, 0.1) is 0 Å². The first-order valence-corrected chi connectivity index (χ1v) is 3.55. The van der Waals surface area contributed by atoms with Gasteiger partial charge in [-0.15, -0.1) is 11.8 Å². The van der Waals surface area contributed by atoms with E-state index in [1.54, 1.807) is 24.3 Å². The molecule has 2 atom stereocenters. The molecule has 0 amide bonds. The van der Waals surface area contributed by atoms with Gasteiger partial charge in [0.1, 0.15) is 0 Å². The van der Waals surface area contributed by atoms with Crippen LogP contribution < -0.4 is 0 Å². The molecule has 0 radical (unpaired) electrons. The molecule has 1 heteroatoms. The van der Waals surface area contributed by atoms with Gasteiger partial charge in [-0.05, 0) is 18.0 Å². The maximum atomic E-state index is 7.64. The lowest BCUT2D eigenvalue weighted by Gasteiger charge is -1.92. The van der Waals surface area contributed by atoms with E-state index in [-0.39, 0.29) is 0 Å². The predicted molar refractivity (Wildman–Crippen MR) is 40.9 cm³/mol. The van der Waals surface area contributed by atoms with Crippen LogP contribution in [-0.4, -0.2) is 5.70 Å². The topological polar surface area (TPSA) is 0 Å². The fraction of sp³-hybridized carbons (Fsp3) is 0.250. The number of rotatable bonds is 0. The fourth-order valence-corrected chi connectivity index (χ4v) is 1.44. The van der Waals surface area contributed by atoms with Crippen LogP contribution in [0.1, 0.15) is 11.0 Å². The summed E-state index contributed by atoms with van der Waals surface area (Å²) in [7, 11) is 0. The molecule has 1 heterocycles. The van der Waals surface area contributed by atoms with E-state index < -0.39 is 12.1 Å². The number of thioether (sulfide) groups is 1. The van der Waals surface area contributed by atoms with Crippen molar-refractivity contribution >= 4 is 11.8 Å². The van der Waals surface area contributed by atoms with Gasteiger partial charge in [-0.25, -0.2) is 0 Å². The van der Waals surface area contributed by atoms with Crippen LogP contribution in [0.2, 0.25) is 0 Å². The fourth-order valence-electron chi connectivity index (χ4n) is 0.794. The molecule has 1 aromatic carbocycles. The van der Waals surface area contributed by atoms with Crippen molar-refractivity contribution in [1.82, 2.24) is 0 Å². The number of benzene rings is 1. The lowest BCUT2D eigenvalue weighted by Crippen LogP contribution is -1.76. The number of hydrogen-bond acceptors (Lipinski definition) is 1. The molecule has 0 N–H and O–H groups in total. The van der Waals surface area contributed by atoms with E-state index in [2.05, 4.69) is 0 Å². The second kappa shape index (κ2) is 2.07. The van der Waals surface area contributed by atoms with E-state index in [4.69, 9.17) is 5.48 Å². The van der Waals surface area contributed by atoms with Gasteiger partial charge in [0.15, 0.2) is 0 Å². The minimum Gasteiger partial charge on any atom is -0.126 e. The molecule has 0 saturated heterocycles. The van der Waals surface area contributed by atoms with Crippen molar-refractivity contribution in [2.75, 3.05) is 5.70 Å². The summed E-state index contributed by atoms with van der Waals surface area (Å²) in [5.74, 6) is 0. The highest BCUT2D eigenvalue weighted by atomic mass is 32.2. The first kappa shape index (κ1) is 2.67. The van der Waals surface area contributed by atoms with Crippen molar-refractivity contribution in [3.05, 3.63) is 29.8 Å². The molecule has 0 saturated carbocycles. The van der Waals surface area contributed by atoms with Crippen molar-refractivity contribution in [2.24, 2.45) is 0 Å². The molecule has 0 unspecified atom stereocenters. The van der Waals surface area contributed by atoms with Crippen LogP contribution in [-0.2, 0) is 6.37 Å². The van der Waals surface area contributed by atoms with E-state index in [1.807, 2.05) is 0 Å². The van der Waals surface area contributed by atoms with Gasteiger partial charge in [0.25, 0.3) is 0 Å². The third kappa shape index (κ3) is 0.855. The first-order valence-electron chi connectivity index (χ1n) is 4.74. The second-order valence-corrected chi connectivity index (χ2v) is 2.67. The second-order valence-electron chi connectivity index (χ2n) is 1.83. The molecular formula is C8H8S. The van der Waals surface area contributed by atoms with Crippen molar-refractivity contribution in [1.29, 1.82) is 0 Å². The van der Waals surface area contributed by atoms with Crippen LogP contribution in [0.5, 0.6) is 0 Å². The third-order valence-electron chi connectivity index (χ3n) is 1.23. The average molecular weight is 142 g/mol. The Hall–Kier alpha value is -0.430. The molecule has 0 spiro atoms. The monoisotopic (exact) mass is 142 g/mol. The van der Waals surface area contributed by atoms with E-state index in [0.29, 0.717) is 10.5 Å². The molecule has 0 fully saturated rings. The van der Waals surface area contributed by atoms with Gasteiger partial charge >= 0.3 is 0 Å². The molecular weight excluding hydrogens is 128 g/mol. The Morgan fingerprint density at radius 3 is 3.44 bits per heavy atom. The Morgan fingerprint density at radius 1 is 1.67 bits per heavy atom. The highest BCUT2D eigenvalue weighted by molar-refractivity contribution is 7.99. The quantitative estimate of drug-likeness (QED) is 0.535. The minimum atomic E-state index is -1.88. The number of aryl methyl sites for hydroxylation is 1. The SMILES string of the molecule is [2H][C@]1([3H])Sc2ccccc2[C@@]1([2H])[3H]. The molecule has 1 aromatic rings. The van der Waals surface area contributed by atoms with Gasteiger partial charge in [-0.3, -0.25) is 0 Å². The van der Waals surface area contributed by atoms with Crippen LogP contribution in [0.15, 0.2) is 29.2 Å². The normalized spacial score (nSPS) is 54.7. The molecule has 46 valence electrons. The standard InChI is InChI=1S/C8H8S/c1-2-4-8-7(3-1)5-6-9-8/h1-4H,5-6H2/i5TD,6TD/t5-,6+/m0/s1. The molecule has 0 aromatic heterocycles. The van der Waals surface area contributed by atoms with Gasteiger partial charge < -0.3 is 0 Å². The summed E-state index contributed by atoms with van der Waals surface area (Å²) in [5, 5.41) is 0. The average Bonchev–Trinajstić information content (AvgIpc) is 2.20. The third-order valence-corrected chi connectivity index (χ3v) is 2.01. The van der Waals surface area contributed by atoms with Crippen molar-refractivity contribution < 1.29 is 5.48 Å². The first-order chi connectivity index (χ1) is 5.95. The molecule has 1 aliphatic heterocycles. The summed E-state index contributed by atoms with van der Waals surface area (Å²) in [6.07, 6.45) is -1.88. The van der Waals surface area contributed by atoms with E-state index >= 15 is 0 Å². The van der Waals surface area contributed by atoms with Crippen LogP contribution in [0, 0.1) is 0 Å². The lowest BCUT2D eigenvalue weighted by molar-refractivity contribution is 1.15. The molecule has 2 rings (SSSR count). The van der Waals surface area contributed by atoms with Gasteiger partial charge in [-0.1, -0.05) is 18.2 Å². The largest absolute Gasteiger partial charge is 0.126 e. The Balaban J connectivity index is 2.60. The lowest BCUT2D eigenvalue weighted by atomic mass is 10.2. The highest BCUT2D eigenvalue weighted by Gasteiger charge is 2.07. The smallest absolute Gasteiger partial charge is 0.0387 e. The Kier molecular flexibility index (Phi) is 0.613. The summed E-state index contributed by atoms with van der Waals surface area (Å²) in [6, 6.07) is 6.93. The summed E-state index contributed by atoms with van der Waals surface area (Å²) in [6.45, 7) is 0. The van der Waals surface area contributed by atoms with Gasteiger partial charge in [-0.2, -0.15) is 0 Å². The van der Waals surface area contributed by atoms with Crippen LogP contribution in [0.4, 0.5) is 0 Å². The van der Waals surface area contributed by atoms with Crippen LogP contribution in [0.3, 0.4) is 0 Å². The van der Waals surface area contributed by atoms with E-state index in [0.717, 1.165) is 11.8 Å². The predicted octanol–water partition coefficient (Wildman–Crippen LogP) is 2.33. The molecule has 0 aliphatic carbocycles. The summed E-state index contributed by atoms with van der Waals surface area (Å²) < 4.78 is 30.3. The van der Waals surface area contributed by atoms with Crippen molar-refractivity contribution in [2.45, 2.75) is 11.3 Å². The van der Waals surface area contributed by atoms with E-state index in [9.17, 15) is 0 Å². The highest BCUT2D eigenvalue weighted by Crippen LogP contribution is 2.30. The molecule has 0 nitrogen and oxygen atoms in total. The van der Waals surface area contributed by atoms with E-state index in [1.165, 1.54) is 0 Å². The number of hydrogen-bond donors (Lipinski definition) is 0. The maximum Gasteiger partial charge on any atom is 0.0387 e. The summed E-state index contributed by atoms with van der Waals surface area (Å²) >= 11 is 0.959. The molecule has 0 bridgehead atoms. The zero-order valence-corrected chi connectivity index (χ0v) is 5.53. The molecule has 1 aliphatic rings. The van der Waals surface area contributed by atoms with Crippen LogP contribution in [0.25, 0.3) is 0 Å². The summed E-state index contributed by atoms with van der Waals surface area (Å²) in [5.41, 5.74) is -1.39.